The minimum atomic E-state index is -0.789. The monoisotopic (exact) mass is 368 g/mol. The maximum absolute atomic E-state index is 12.3. The first-order valence-corrected chi connectivity index (χ1v) is 8.26. The normalized spacial score (nSPS) is 11.7. The summed E-state index contributed by atoms with van der Waals surface area (Å²) in [4.78, 5) is 16.4. The van der Waals surface area contributed by atoms with E-state index in [-0.39, 0.29) is 12.4 Å². The number of aliphatic hydroxyl groups is 1. The van der Waals surface area contributed by atoms with Crippen LogP contribution < -0.4 is 14.8 Å². The molecule has 2 aromatic carbocycles. The Morgan fingerprint density at radius 3 is 2.59 bits per heavy atom. The summed E-state index contributed by atoms with van der Waals surface area (Å²) in [6.45, 7) is 0.168. The van der Waals surface area contributed by atoms with Gasteiger partial charge in [0, 0.05) is 0 Å². The fraction of sp³-hybridized carbons (Fsp3) is 0.211. The second kappa shape index (κ2) is 8.33. The number of rotatable bonds is 7. The Labute approximate surface area is 156 Å². The van der Waals surface area contributed by atoms with Crippen molar-refractivity contribution in [3.63, 3.8) is 0 Å². The molecule has 1 amide bonds. The number of ether oxygens (including phenoxy) is 2. The Kier molecular flexibility index (Phi) is 5.68. The predicted molar refractivity (Wildman–Crippen MR) is 98.9 cm³/mol. The number of nitrogens with zero attached hydrogens (tertiary/aromatic N) is 3. The van der Waals surface area contributed by atoms with Crippen molar-refractivity contribution in [3.8, 4) is 11.5 Å². The summed E-state index contributed by atoms with van der Waals surface area (Å²) < 4.78 is 11.7. The average molecular weight is 368 g/mol. The van der Waals surface area contributed by atoms with Crippen LogP contribution >= 0.6 is 0 Å². The number of anilines is 1. The highest BCUT2D eigenvalue weighted by molar-refractivity contribution is 6.02. The molecule has 1 heterocycles. The van der Waals surface area contributed by atoms with Gasteiger partial charge in [0.05, 0.1) is 32.6 Å². The molecule has 8 nitrogen and oxygen atoms in total. The molecule has 0 radical (unpaired) electrons. The number of aromatic nitrogens is 3. The Bertz CT molecular complexity index is 908. The maximum atomic E-state index is 12.3. The number of para-hydroxylation sites is 2. The molecule has 0 unspecified atom stereocenters. The van der Waals surface area contributed by atoms with Crippen molar-refractivity contribution in [2.24, 2.45) is 0 Å². The molecule has 1 aromatic heterocycles. The maximum Gasteiger partial charge on any atom is 0.295 e. The smallest absolute Gasteiger partial charge is 0.295 e. The van der Waals surface area contributed by atoms with Crippen molar-refractivity contribution in [2.75, 3.05) is 19.5 Å². The zero-order chi connectivity index (χ0) is 19.2. The van der Waals surface area contributed by atoms with Gasteiger partial charge in [0.1, 0.15) is 17.8 Å². The van der Waals surface area contributed by atoms with Crippen LogP contribution in [0.5, 0.6) is 11.5 Å². The Hall–Kier alpha value is -3.39. The molecule has 0 saturated heterocycles. The number of benzene rings is 2. The number of hydrogen-bond donors (Lipinski definition) is 2. The van der Waals surface area contributed by atoms with Crippen LogP contribution in [0.2, 0.25) is 0 Å². The number of aliphatic hydroxyl groups excluding tert-OH is 1. The lowest BCUT2D eigenvalue weighted by Crippen LogP contribution is -2.16. The summed E-state index contributed by atoms with van der Waals surface area (Å²) in [7, 11) is 3.11. The van der Waals surface area contributed by atoms with Crippen LogP contribution in [0.3, 0.4) is 0 Å². The Morgan fingerprint density at radius 2 is 1.89 bits per heavy atom. The zero-order valence-electron chi connectivity index (χ0n) is 15.0. The Balaban J connectivity index is 1.65. The lowest BCUT2D eigenvalue weighted by Gasteiger charge is -2.11. The quantitative estimate of drug-likeness (QED) is 0.664. The first kappa shape index (κ1) is 18.4. The molecule has 27 heavy (non-hydrogen) atoms. The van der Waals surface area contributed by atoms with Gasteiger partial charge in [-0.05, 0) is 29.8 Å². The highest BCUT2D eigenvalue weighted by Gasteiger charge is 2.16. The molecular formula is C19H20N4O4. The first-order chi connectivity index (χ1) is 13.1. The van der Waals surface area contributed by atoms with E-state index in [9.17, 15) is 9.90 Å². The zero-order valence-corrected chi connectivity index (χ0v) is 15.0. The van der Waals surface area contributed by atoms with E-state index in [4.69, 9.17) is 9.47 Å². The van der Waals surface area contributed by atoms with Gasteiger partial charge in [-0.2, -0.15) is 0 Å². The SMILES string of the molecule is COc1ccc([C@H](O)Cn2cnc(C(=O)Nc3ccccc3OC)n2)cc1. The van der Waals surface area contributed by atoms with E-state index in [2.05, 4.69) is 15.4 Å². The van der Waals surface area contributed by atoms with Gasteiger partial charge >= 0.3 is 0 Å². The van der Waals surface area contributed by atoms with Crippen LogP contribution in [0, 0.1) is 0 Å². The van der Waals surface area contributed by atoms with Gasteiger partial charge in [-0.25, -0.2) is 9.67 Å². The molecule has 0 fully saturated rings. The predicted octanol–water partition coefficient (Wildman–Crippen LogP) is 2.28. The number of carbonyl (C=O) groups is 1. The van der Waals surface area contributed by atoms with E-state index in [1.807, 2.05) is 6.07 Å². The average Bonchev–Trinajstić information content (AvgIpc) is 3.17. The summed E-state index contributed by atoms with van der Waals surface area (Å²) in [6, 6.07) is 14.1. The lowest BCUT2D eigenvalue weighted by atomic mass is 10.1. The van der Waals surface area contributed by atoms with E-state index < -0.39 is 12.0 Å². The molecule has 0 aliphatic rings. The van der Waals surface area contributed by atoms with Gasteiger partial charge in [-0.3, -0.25) is 4.79 Å². The molecule has 0 spiro atoms. The van der Waals surface area contributed by atoms with Crippen LogP contribution in [0.4, 0.5) is 5.69 Å². The number of carbonyl (C=O) groups excluding carboxylic acids is 1. The molecule has 0 saturated carbocycles. The number of amides is 1. The van der Waals surface area contributed by atoms with E-state index in [1.54, 1.807) is 49.6 Å². The minimum absolute atomic E-state index is 0.00263. The van der Waals surface area contributed by atoms with Gasteiger partial charge in [-0.15, -0.1) is 5.10 Å². The van der Waals surface area contributed by atoms with Gasteiger partial charge < -0.3 is 19.9 Å². The molecular weight excluding hydrogens is 348 g/mol. The highest BCUT2D eigenvalue weighted by atomic mass is 16.5. The molecule has 140 valence electrons. The third-order valence-corrected chi connectivity index (χ3v) is 3.96. The summed E-state index contributed by atoms with van der Waals surface area (Å²) in [5.41, 5.74) is 1.24. The fourth-order valence-electron chi connectivity index (χ4n) is 2.52. The van der Waals surface area contributed by atoms with Crippen LogP contribution in [-0.4, -0.2) is 40.0 Å². The molecule has 3 rings (SSSR count). The van der Waals surface area contributed by atoms with Crippen molar-refractivity contribution >= 4 is 11.6 Å². The molecule has 0 aliphatic heterocycles. The van der Waals surface area contributed by atoms with E-state index >= 15 is 0 Å². The van der Waals surface area contributed by atoms with E-state index in [0.29, 0.717) is 22.7 Å². The van der Waals surface area contributed by atoms with Crippen molar-refractivity contribution < 1.29 is 19.4 Å². The van der Waals surface area contributed by atoms with Crippen LogP contribution in [-0.2, 0) is 6.54 Å². The second-order valence-electron chi connectivity index (χ2n) is 5.73. The first-order valence-electron chi connectivity index (χ1n) is 8.26. The van der Waals surface area contributed by atoms with Crippen molar-refractivity contribution in [3.05, 3.63) is 66.2 Å². The van der Waals surface area contributed by atoms with Crippen molar-refractivity contribution in [1.82, 2.24) is 14.8 Å². The second-order valence-corrected chi connectivity index (χ2v) is 5.73. The summed E-state index contributed by atoms with van der Waals surface area (Å²) in [5.74, 6) is 0.794. The van der Waals surface area contributed by atoms with Gasteiger partial charge in [-0.1, -0.05) is 24.3 Å². The van der Waals surface area contributed by atoms with E-state index in [1.165, 1.54) is 18.1 Å². The third kappa shape index (κ3) is 4.42. The molecule has 0 aliphatic carbocycles. The summed E-state index contributed by atoms with van der Waals surface area (Å²) in [6.07, 6.45) is 0.617. The van der Waals surface area contributed by atoms with Crippen LogP contribution in [0.25, 0.3) is 0 Å². The summed E-state index contributed by atoms with van der Waals surface area (Å²) >= 11 is 0. The van der Waals surface area contributed by atoms with Gasteiger partial charge in [0.25, 0.3) is 5.91 Å². The van der Waals surface area contributed by atoms with Crippen molar-refractivity contribution in [1.29, 1.82) is 0 Å². The lowest BCUT2D eigenvalue weighted by molar-refractivity contribution is 0.101. The molecule has 8 heteroatoms. The molecule has 3 aromatic rings. The van der Waals surface area contributed by atoms with Crippen LogP contribution in [0.15, 0.2) is 54.9 Å². The Morgan fingerprint density at radius 1 is 1.15 bits per heavy atom. The number of hydrogen-bond acceptors (Lipinski definition) is 6. The summed E-state index contributed by atoms with van der Waals surface area (Å²) in [5, 5.41) is 17.2. The van der Waals surface area contributed by atoms with E-state index in [0.717, 1.165) is 0 Å². The van der Waals surface area contributed by atoms with Crippen LogP contribution in [0.1, 0.15) is 22.3 Å². The number of nitrogens with one attached hydrogen (secondary N) is 1. The van der Waals surface area contributed by atoms with Gasteiger partial charge in [0.15, 0.2) is 0 Å². The van der Waals surface area contributed by atoms with Gasteiger partial charge in [0.2, 0.25) is 5.82 Å². The fourth-order valence-corrected chi connectivity index (χ4v) is 2.52. The highest BCUT2D eigenvalue weighted by Crippen LogP contribution is 2.23. The molecule has 0 bridgehead atoms. The third-order valence-electron chi connectivity index (χ3n) is 3.96. The number of methoxy groups -OCH3 is 2. The standard InChI is InChI=1S/C19H20N4O4/c1-26-14-9-7-13(8-10-14)16(24)11-23-12-20-18(22-23)19(25)21-15-5-3-4-6-17(15)27-2/h3-10,12,16,24H,11H2,1-2H3,(H,21,25)/t16-/m1/s1. The minimum Gasteiger partial charge on any atom is -0.497 e. The molecule has 1 atom stereocenters. The topological polar surface area (TPSA) is 98.5 Å². The van der Waals surface area contributed by atoms with Crippen molar-refractivity contribution in [2.45, 2.75) is 12.6 Å². The largest absolute Gasteiger partial charge is 0.497 e. The molecule has 2 N–H and O–H groups in total.